The minimum absolute atomic E-state index is 0.106. The van der Waals surface area contributed by atoms with E-state index >= 15 is 0 Å². The predicted octanol–water partition coefficient (Wildman–Crippen LogP) is 1.64. The zero-order chi connectivity index (χ0) is 11.5. The average Bonchev–Trinajstić information content (AvgIpc) is 2.73. The number of aliphatic carboxylic acids is 1. The predicted molar refractivity (Wildman–Crippen MR) is 60.7 cm³/mol. The summed E-state index contributed by atoms with van der Waals surface area (Å²) in [7, 11) is 0. The average molecular weight is 221 g/mol. The van der Waals surface area contributed by atoms with E-state index in [4.69, 9.17) is 10.8 Å². The van der Waals surface area contributed by atoms with E-state index in [0.29, 0.717) is 24.3 Å². The van der Waals surface area contributed by atoms with Gasteiger partial charge in [-0.3, -0.25) is 4.79 Å². The van der Waals surface area contributed by atoms with Crippen LogP contribution in [-0.4, -0.2) is 17.6 Å². The van der Waals surface area contributed by atoms with Crippen molar-refractivity contribution < 1.29 is 9.90 Å². The Hall–Kier alpha value is -0.830. The fraction of sp³-hybridized carbons (Fsp3) is 0.769. The van der Waals surface area contributed by atoms with Crippen LogP contribution in [0.5, 0.6) is 0 Å². The lowest BCUT2D eigenvalue weighted by molar-refractivity contribution is -0.153. The lowest BCUT2D eigenvalue weighted by Gasteiger charge is -2.57. The second-order valence-electron chi connectivity index (χ2n) is 5.84. The van der Waals surface area contributed by atoms with Crippen molar-refractivity contribution in [3.8, 4) is 0 Å². The number of carboxylic acid groups (broad SMARTS) is 1. The van der Waals surface area contributed by atoms with Crippen molar-refractivity contribution in [3.63, 3.8) is 0 Å². The van der Waals surface area contributed by atoms with E-state index in [-0.39, 0.29) is 11.8 Å². The maximum Gasteiger partial charge on any atom is 0.303 e. The molecule has 3 nitrogen and oxygen atoms in total. The number of carbonyl (C=O) groups is 1. The largest absolute Gasteiger partial charge is 0.481 e. The third-order valence-electron chi connectivity index (χ3n) is 5.53. The second-order valence-corrected chi connectivity index (χ2v) is 5.84. The molecule has 0 heterocycles. The van der Waals surface area contributed by atoms with Gasteiger partial charge in [-0.15, -0.1) is 0 Å². The molecule has 0 aromatic rings. The van der Waals surface area contributed by atoms with Gasteiger partial charge < -0.3 is 10.8 Å². The molecule has 0 aliphatic heterocycles. The van der Waals surface area contributed by atoms with Crippen LogP contribution in [0, 0.1) is 29.1 Å². The number of hydrogen-bond acceptors (Lipinski definition) is 2. The van der Waals surface area contributed by atoms with Crippen molar-refractivity contribution >= 4 is 5.97 Å². The molecule has 0 radical (unpaired) electrons. The van der Waals surface area contributed by atoms with Gasteiger partial charge in [-0.05, 0) is 54.9 Å². The van der Waals surface area contributed by atoms with Crippen molar-refractivity contribution in [3.05, 3.63) is 12.2 Å². The Bertz CT molecular complexity index is 365. The standard InChI is InChI=1S/C13H19NO2/c1-7-4-10-12-8(7)2-3-9(12)13(10,6-14)5-11(15)16/h8-10,12H,1-6,14H2,(H,15,16)/t8-,9-,10+,12+,13-/m0/s1. The molecule has 88 valence electrons. The quantitative estimate of drug-likeness (QED) is 0.712. The molecular weight excluding hydrogens is 202 g/mol. The van der Waals surface area contributed by atoms with E-state index in [1.807, 2.05) is 0 Å². The van der Waals surface area contributed by atoms with Crippen LogP contribution in [0.2, 0.25) is 0 Å². The van der Waals surface area contributed by atoms with Crippen LogP contribution in [0.4, 0.5) is 0 Å². The summed E-state index contributed by atoms with van der Waals surface area (Å²) in [5.41, 5.74) is 7.16. The van der Waals surface area contributed by atoms with Crippen molar-refractivity contribution in [2.45, 2.75) is 25.7 Å². The lowest BCUT2D eigenvalue weighted by atomic mass is 9.47. The van der Waals surface area contributed by atoms with Crippen LogP contribution in [0.15, 0.2) is 12.2 Å². The van der Waals surface area contributed by atoms with E-state index in [1.54, 1.807) is 0 Å². The number of nitrogens with two attached hydrogens (primary N) is 1. The zero-order valence-electron chi connectivity index (χ0n) is 9.48. The number of rotatable bonds is 3. The first-order valence-corrected chi connectivity index (χ1v) is 6.19. The zero-order valence-corrected chi connectivity index (χ0v) is 9.48. The van der Waals surface area contributed by atoms with Crippen LogP contribution in [0.3, 0.4) is 0 Å². The van der Waals surface area contributed by atoms with Crippen molar-refractivity contribution in [2.75, 3.05) is 6.54 Å². The molecule has 3 aliphatic carbocycles. The maximum atomic E-state index is 11.0. The molecule has 0 aromatic carbocycles. The normalized spacial score (nSPS) is 48.9. The van der Waals surface area contributed by atoms with Crippen molar-refractivity contribution in [1.29, 1.82) is 0 Å². The molecule has 0 spiro atoms. The fourth-order valence-corrected chi connectivity index (χ4v) is 4.96. The van der Waals surface area contributed by atoms with Crippen LogP contribution in [0.25, 0.3) is 0 Å². The van der Waals surface area contributed by atoms with Gasteiger partial charge in [-0.1, -0.05) is 12.2 Å². The first-order valence-electron chi connectivity index (χ1n) is 6.19. The Morgan fingerprint density at radius 1 is 1.50 bits per heavy atom. The van der Waals surface area contributed by atoms with E-state index in [2.05, 4.69) is 6.58 Å². The van der Waals surface area contributed by atoms with Crippen molar-refractivity contribution in [1.82, 2.24) is 0 Å². The number of hydrogen-bond donors (Lipinski definition) is 2. The molecule has 3 saturated carbocycles. The summed E-state index contributed by atoms with van der Waals surface area (Å²) in [6, 6.07) is 0. The third-order valence-corrected chi connectivity index (χ3v) is 5.53. The molecule has 16 heavy (non-hydrogen) atoms. The molecule has 0 saturated heterocycles. The van der Waals surface area contributed by atoms with E-state index in [1.165, 1.54) is 12.0 Å². The first-order chi connectivity index (χ1) is 7.60. The van der Waals surface area contributed by atoms with Crippen LogP contribution in [-0.2, 0) is 4.79 Å². The molecule has 0 bridgehead atoms. The summed E-state index contributed by atoms with van der Waals surface area (Å²) in [4.78, 5) is 11.0. The monoisotopic (exact) mass is 221 g/mol. The van der Waals surface area contributed by atoms with Crippen LogP contribution >= 0.6 is 0 Å². The maximum absolute atomic E-state index is 11.0. The molecular formula is C13H19NO2. The summed E-state index contributed by atoms with van der Waals surface area (Å²) >= 11 is 0. The fourth-order valence-electron chi connectivity index (χ4n) is 4.96. The lowest BCUT2D eigenvalue weighted by Crippen LogP contribution is -2.58. The van der Waals surface area contributed by atoms with Gasteiger partial charge in [-0.25, -0.2) is 0 Å². The Balaban J connectivity index is 1.92. The van der Waals surface area contributed by atoms with Gasteiger partial charge >= 0.3 is 5.97 Å². The van der Waals surface area contributed by atoms with Gasteiger partial charge in [0.05, 0.1) is 6.42 Å². The van der Waals surface area contributed by atoms with Crippen LogP contribution in [0.1, 0.15) is 25.7 Å². The highest BCUT2D eigenvalue weighted by molar-refractivity contribution is 5.68. The molecule has 0 amide bonds. The van der Waals surface area contributed by atoms with Gasteiger partial charge in [0.25, 0.3) is 0 Å². The van der Waals surface area contributed by atoms with E-state index in [9.17, 15) is 4.79 Å². The summed E-state index contributed by atoms with van der Waals surface area (Å²) in [6.07, 6.45) is 3.66. The minimum atomic E-state index is -0.690. The van der Waals surface area contributed by atoms with Crippen molar-refractivity contribution in [2.24, 2.45) is 34.8 Å². The molecule has 0 aromatic heterocycles. The molecule has 0 unspecified atom stereocenters. The molecule has 3 fully saturated rings. The molecule has 3 rings (SSSR count). The Morgan fingerprint density at radius 3 is 2.88 bits per heavy atom. The highest BCUT2D eigenvalue weighted by Gasteiger charge is 2.68. The second kappa shape index (κ2) is 3.10. The van der Waals surface area contributed by atoms with E-state index in [0.717, 1.165) is 18.8 Å². The third kappa shape index (κ3) is 1.000. The van der Waals surface area contributed by atoms with Gasteiger partial charge in [0, 0.05) is 0 Å². The van der Waals surface area contributed by atoms with Gasteiger partial charge in [0.1, 0.15) is 0 Å². The smallest absolute Gasteiger partial charge is 0.303 e. The molecule has 3 N–H and O–H groups in total. The Morgan fingerprint density at radius 2 is 2.25 bits per heavy atom. The SMILES string of the molecule is C=C1C[C@@H]2[C@@H]3[C@H]1CC[C@@H]3[C@@]2(CN)CC(=O)O. The van der Waals surface area contributed by atoms with Gasteiger partial charge in [0.2, 0.25) is 0 Å². The minimum Gasteiger partial charge on any atom is -0.481 e. The van der Waals surface area contributed by atoms with Crippen LogP contribution < -0.4 is 5.73 Å². The summed E-state index contributed by atoms with van der Waals surface area (Å²) in [6.45, 7) is 4.70. The highest BCUT2D eigenvalue weighted by atomic mass is 16.4. The summed E-state index contributed by atoms with van der Waals surface area (Å²) in [5.74, 6) is 1.78. The molecule has 5 atom stereocenters. The summed E-state index contributed by atoms with van der Waals surface area (Å²) < 4.78 is 0. The highest BCUT2D eigenvalue weighted by Crippen LogP contribution is 2.72. The molecule has 3 aliphatic rings. The van der Waals surface area contributed by atoms with Gasteiger partial charge in [-0.2, -0.15) is 0 Å². The Kier molecular flexibility index (Phi) is 2.00. The van der Waals surface area contributed by atoms with Gasteiger partial charge in [0.15, 0.2) is 0 Å². The first kappa shape index (κ1) is 10.3. The number of allylic oxidation sites excluding steroid dienone is 1. The summed E-state index contributed by atoms with van der Waals surface area (Å²) in [5, 5.41) is 9.08. The number of carboxylic acids is 1. The molecule has 3 heteroatoms. The topological polar surface area (TPSA) is 63.3 Å². The van der Waals surface area contributed by atoms with E-state index < -0.39 is 5.97 Å². The Labute approximate surface area is 95.7 Å².